The van der Waals surface area contributed by atoms with Gasteiger partial charge in [-0.1, -0.05) is 0 Å². The van der Waals surface area contributed by atoms with Crippen molar-refractivity contribution in [2.75, 3.05) is 12.8 Å². The van der Waals surface area contributed by atoms with E-state index in [-0.39, 0.29) is 6.54 Å². The van der Waals surface area contributed by atoms with Crippen LogP contribution in [0.4, 0.5) is 0 Å². The van der Waals surface area contributed by atoms with E-state index in [2.05, 4.69) is 0 Å². The normalized spacial score (nSPS) is 18.4. The predicted octanol–water partition coefficient (Wildman–Crippen LogP) is -2.36. The summed E-state index contributed by atoms with van der Waals surface area (Å²) in [5, 5.41) is 7.57. The number of sulfone groups is 1. The molecule has 0 aromatic rings. The highest BCUT2D eigenvalue weighted by molar-refractivity contribution is 7.91. The van der Waals surface area contributed by atoms with Crippen LogP contribution in [0.5, 0.6) is 0 Å². The molecular weight excluding hydrogens is 156 g/mol. The van der Waals surface area contributed by atoms with E-state index in [1.807, 2.05) is 0 Å². The summed E-state index contributed by atoms with van der Waals surface area (Å²) in [5.41, 5.74) is 10.1. The van der Waals surface area contributed by atoms with Gasteiger partial charge >= 0.3 is 0 Å². The Morgan fingerprint density at radius 2 is 2.00 bits per heavy atom. The molecule has 5 nitrogen and oxygen atoms in total. The van der Waals surface area contributed by atoms with E-state index in [0.717, 1.165) is 6.26 Å². The summed E-state index contributed by atoms with van der Waals surface area (Å²) in [4.78, 5) is 0. The van der Waals surface area contributed by atoms with Gasteiger partial charge in [-0.25, -0.2) is 8.42 Å². The molecule has 0 heterocycles. The molecule has 0 aromatic carbocycles. The SMILES string of the molecule is CS(=O)(=O)C(N)C(O)CN. The van der Waals surface area contributed by atoms with E-state index in [1.54, 1.807) is 0 Å². The Labute approximate surface area is 59.9 Å². The first-order valence-corrected chi connectivity index (χ1v) is 4.67. The topological polar surface area (TPSA) is 106 Å². The molecule has 2 atom stereocenters. The molecule has 0 amide bonds. The highest BCUT2D eigenvalue weighted by Gasteiger charge is 2.22. The number of aliphatic hydroxyl groups excluding tert-OH is 1. The maximum absolute atomic E-state index is 10.6. The van der Waals surface area contributed by atoms with E-state index >= 15 is 0 Å². The Balaban J connectivity index is 4.23. The van der Waals surface area contributed by atoms with Crippen LogP contribution < -0.4 is 11.5 Å². The second kappa shape index (κ2) is 3.29. The van der Waals surface area contributed by atoms with Crippen LogP contribution in [-0.4, -0.2) is 37.8 Å². The fourth-order valence-electron chi connectivity index (χ4n) is 0.419. The Kier molecular flexibility index (Phi) is 3.23. The van der Waals surface area contributed by atoms with Gasteiger partial charge in [0.2, 0.25) is 0 Å². The molecule has 0 saturated carbocycles. The number of nitrogens with two attached hydrogens (primary N) is 2. The van der Waals surface area contributed by atoms with Gasteiger partial charge in [-0.15, -0.1) is 0 Å². The molecule has 0 rings (SSSR count). The lowest BCUT2D eigenvalue weighted by molar-refractivity contribution is 0.178. The molecule has 0 radical (unpaired) electrons. The molecule has 0 aliphatic heterocycles. The van der Waals surface area contributed by atoms with Crippen molar-refractivity contribution in [3.05, 3.63) is 0 Å². The molecule has 62 valence electrons. The van der Waals surface area contributed by atoms with Crippen molar-refractivity contribution in [3.63, 3.8) is 0 Å². The van der Waals surface area contributed by atoms with Gasteiger partial charge in [0.15, 0.2) is 9.84 Å². The molecule has 0 aliphatic carbocycles. The smallest absolute Gasteiger partial charge is 0.165 e. The molecule has 5 N–H and O–H groups in total. The van der Waals surface area contributed by atoms with Crippen molar-refractivity contribution in [1.82, 2.24) is 0 Å². The fraction of sp³-hybridized carbons (Fsp3) is 1.00. The van der Waals surface area contributed by atoms with Crippen molar-refractivity contribution in [2.45, 2.75) is 11.5 Å². The van der Waals surface area contributed by atoms with Crippen molar-refractivity contribution < 1.29 is 13.5 Å². The van der Waals surface area contributed by atoms with Crippen LogP contribution >= 0.6 is 0 Å². The molecule has 0 aliphatic rings. The lowest BCUT2D eigenvalue weighted by Crippen LogP contribution is -2.45. The second-order valence-corrected chi connectivity index (χ2v) is 4.30. The van der Waals surface area contributed by atoms with Crippen LogP contribution in [0.1, 0.15) is 0 Å². The zero-order valence-corrected chi connectivity index (χ0v) is 6.50. The first kappa shape index (κ1) is 9.83. The molecule has 0 fully saturated rings. The summed E-state index contributed by atoms with van der Waals surface area (Å²) in [5.74, 6) is 0. The van der Waals surface area contributed by atoms with Gasteiger partial charge in [-0.3, -0.25) is 0 Å². The third kappa shape index (κ3) is 2.61. The zero-order valence-electron chi connectivity index (χ0n) is 5.69. The third-order valence-corrected chi connectivity index (χ3v) is 2.42. The Morgan fingerprint density at radius 3 is 2.10 bits per heavy atom. The molecule has 6 heteroatoms. The summed E-state index contributed by atoms with van der Waals surface area (Å²) in [6.07, 6.45) is -0.216. The first-order valence-electron chi connectivity index (χ1n) is 2.72. The van der Waals surface area contributed by atoms with Gasteiger partial charge in [-0.05, 0) is 0 Å². The van der Waals surface area contributed by atoms with E-state index < -0.39 is 21.3 Å². The predicted molar refractivity (Wildman–Crippen MR) is 37.9 cm³/mol. The van der Waals surface area contributed by atoms with E-state index in [1.165, 1.54) is 0 Å². The monoisotopic (exact) mass is 168 g/mol. The average Bonchev–Trinajstić information content (AvgIpc) is 1.83. The highest BCUT2D eigenvalue weighted by atomic mass is 32.2. The summed E-state index contributed by atoms with van der Waals surface area (Å²) in [6.45, 7) is -0.145. The van der Waals surface area contributed by atoms with Crippen molar-refractivity contribution >= 4 is 9.84 Å². The standard InChI is InChI=1S/C4H12N2O3S/c1-10(8,9)4(6)3(7)2-5/h3-4,7H,2,5-6H2,1H3. The molecule has 0 bridgehead atoms. The van der Waals surface area contributed by atoms with Crippen LogP contribution in [0, 0.1) is 0 Å². The van der Waals surface area contributed by atoms with E-state index in [9.17, 15) is 8.42 Å². The number of hydrogen-bond acceptors (Lipinski definition) is 5. The minimum Gasteiger partial charge on any atom is -0.389 e. The number of hydrogen-bond donors (Lipinski definition) is 3. The Hall–Kier alpha value is -0.170. The maximum atomic E-state index is 10.6. The van der Waals surface area contributed by atoms with Crippen LogP contribution in [0.2, 0.25) is 0 Å². The molecular formula is C4H12N2O3S. The summed E-state index contributed by atoms with van der Waals surface area (Å²) >= 11 is 0. The Bertz CT molecular complexity index is 189. The van der Waals surface area contributed by atoms with Crippen LogP contribution in [0.15, 0.2) is 0 Å². The van der Waals surface area contributed by atoms with Gasteiger partial charge in [0, 0.05) is 12.8 Å². The van der Waals surface area contributed by atoms with Gasteiger partial charge in [-0.2, -0.15) is 0 Å². The van der Waals surface area contributed by atoms with Crippen molar-refractivity contribution in [1.29, 1.82) is 0 Å². The molecule has 0 spiro atoms. The molecule has 2 unspecified atom stereocenters. The number of rotatable bonds is 3. The maximum Gasteiger partial charge on any atom is 0.165 e. The average molecular weight is 168 g/mol. The fourth-order valence-corrected chi connectivity index (χ4v) is 1.10. The van der Waals surface area contributed by atoms with Crippen molar-refractivity contribution in [3.8, 4) is 0 Å². The van der Waals surface area contributed by atoms with E-state index in [0.29, 0.717) is 0 Å². The molecule has 10 heavy (non-hydrogen) atoms. The molecule has 0 aromatic heterocycles. The quantitative estimate of drug-likeness (QED) is 0.437. The zero-order chi connectivity index (χ0) is 8.36. The third-order valence-electron chi connectivity index (χ3n) is 1.12. The second-order valence-electron chi connectivity index (χ2n) is 2.10. The summed E-state index contributed by atoms with van der Waals surface area (Å²) in [6, 6.07) is 0. The lowest BCUT2D eigenvalue weighted by atomic mass is 10.4. The molecule has 0 saturated heterocycles. The first-order chi connectivity index (χ1) is 4.39. The summed E-state index contributed by atoms with van der Waals surface area (Å²) in [7, 11) is -3.37. The van der Waals surface area contributed by atoms with Gasteiger partial charge in [0.05, 0.1) is 6.10 Å². The lowest BCUT2D eigenvalue weighted by Gasteiger charge is -2.14. The van der Waals surface area contributed by atoms with Crippen LogP contribution in [0.25, 0.3) is 0 Å². The highest BCUT2D eigenvalue weighted by Crippen LogP contribution is 1.95. The van der Waals surface area contributed by atoms with Gasteiger partial charge in [0.1, 0.15) is 5.37 Å². The number of aliphatic hydroxyl groups is 1. The van der Waals surface area contributed by atoms with Crippen molar-refractivity contribution in [2.24, 2.45) is 11.5 Å². The minimum absolute atomic E-state index is 0.145. The van der Waals surface area contributed by atoms with Gasteiger partial charge in [0.25, 0.3) is 0 Å². The minimum atomic E-state index is -3.37. The Morgan fingerprint density at radius 1 is 1.60 bits per heavy atom. The largest absolute Gasteiger partial charge is 0.389 e. The summed E-state index contributed by atoms with van der Waals surface area (Å²) < 4.78 is 21.2. The van der Waals surface area contributed by atoms with E-state index in [4.69, 9.17) is 16.6 Å². The van der Waals surface area contributed by atoms with Crippen LogP contribution in [0.3, 0.4) is 0 Å². The van der Waals surface area contributed by atoms with Crippen LogP contribution in [-0.2, 0) is 9.84 Å². The van der Waals surface area contributed by atoms with Gasteiger partial charge < -0.3 is 16.6 Å².